The number of aromatic carboxylic acids is 1. The minimum absolute atomic E-state index is 0.328. The Labute approximate surface area is 115 Å². The maximum Gasteiger partial charge on any atom is 0.335 e. The molecule has 0 aliphatic rings. The summed E-state index contributed by atoms with van der Waals surface area (Å²) in [5.41, 5.74) is 2.06. The minimum atomic E-state index is -0.906. The van der Waals surface area contributed by atoms with Crippen LogP contribution in [0.4, 0.5) is 0 Å². The van der Waals surface area contributed by atoms with Crippen LogP contribution in [-0.4, -0.2) is 21.0 Å². The zero-order valence-electron chi connectivity index (χ0n) is 10.8. The molecule has 1 N–H and O–H groups in total. The zero-order valence-corrected chi connectivity index (χ0v) is 11.6. The van der Waals surface area contributed by atoms with Crippen molar-refractivity contribution in [1.82, 2.24) is 9.97 Å². The first-order valence-corrected chi connectivity index (χ1v) is 6.74. The van der Waals surface area contributed by atoms with Gasteiger partial charge in [-0.15, -0.1) is 0 Å². The molecule has 0 bridgehead atoms. The van der Waals surface area contributed by atoms with Gasteiger partial charge in [0.15, 0.2) is 0 Å². The molecule has 0 unspecified atom stereocenters. The summed E-state index contributed by atoms with van der Waals surface area (Å²) < 4.78 is 0. The van der Waals surface area contributed by atoms with Crippen LogP contribution in [0.25, 0.3) is 0 Å². The second-order valence-electron chi connectivity index (χ2n) is 4.09. The van der Waals surface area contributed by atoms with Crippen LogP contribution in [0.1, 0.15) is 28.5 Å². The van der Waals surface area contributed by atoms with Gasteiger partial charge in [-0.05, 0) is 37.1 Å². The largest absolute Gasteiger partial charge is 0.478 e. The highest BCUT2D eigenvalue weighted by Crippen LogP contribution is 2.27. The summed E-state index contributed by atoms with van der Waals surface area (Å²) in [4.78, 5) is 20.3. The van der Waals surface area contributed by atoms with E-state index in [-0.39, 0.29) is 0 Å². The van der Waals surface area contributed by atoms with Gasteiger partial charge in [0.1, 0.15) is 11.4 Å². The van der Waals surface area contributed by atoms with Crippen LogP contribution in [0.3, 0.4) is 0 Å². The summed E-state index contributed by atoms with van der Waals surface area (Å²) in [5, 5.41) is 9.93. The molecule has 0 saturated carbocycles. The zero-order chi connectivity index (χ0) is 13.8. The molecule has 2 aromatic rings. The fraction of sp³-hybridized carbons (Fsp3) is 0.214. The third kappa shape index (κ3) is 3.32. The molecule has 0 aliphatic carbocycles. The Kier molecular flexibility index (Phi) is 4.16. The molecule has 1 heterocycles. The van der Waals surface area contributed by atoms with Crippen molar-refractivity contribution in [2.45, 2.75) is 30.2 Å². The van der Waals surface area contributed by atoms with Gasteiger partial charge in [-0.2, -0.15) is 0 Å². The lowest BCUT2D eigenvalue weighted by Gasteiger charge is -2.05. The number of nitrogens with zero attached hydrogens (tertiary/aromatic N) is 2. The van der Waals surface area contributed by atoms with E-state index in [2.05, 4.69) is 9.97 Å². The quantitative estimate of drug-likeness (QED) is 0.867. The average Bonchev–Trinajstić information content (AvgIpc) is 2.41. The fourth-order valence-corrected chi connectivity index (χ4v) is 2.49. The van der Waals surface area contributed by atoms with E-state index in [0.717, 1.165) is 27.6 Å². The van der Waals surface area contributed by atoms with Crippen molar-refractivity contribution < 1.29 is 9.90 Å². The van der Waals surface area contributed by atoms with E-state index in [1.165, 1.54) is 18.1 Å². The predicted molar refractivity (Wildman–Crippen MR) is 73.7 cm³/mol. The first-order valence-electron chi connectivity index (χ1n) is 5.93. The number of carboxylic acids is 1. The molecule has 0 fully saturated rings. The third-order valence-electron chi connectivity index (χ3n) is 2.72. The van der Waals surface area contributed by atoms with Crippen molar-refractivity contribution in [1.29, 1.82) is 0 Å². The van der Waals surface area contributed by atoms with Gasteiger partial charge in [0.25, 0.3) is 0 Å². The number of hydrogen-bond donors (Lipinski definition) is 1. The van der Waals surface area contributed by atoms with Crippen LogP contribution in [-0.2, 0) is 6.42 Å². The van der Waals surface area contributed by atoms with Crippen molar-refractivity contribution in [2.24, 2.45) is 0 Å². The number of aryl methyl sites for hydroxylation is 2. The highest BCUT2D eigenvalue weighted by Gasteiger charge is 2.09. The third-order valence-corrected chi connectivity index (χ3v) is 3.64. The second-order valence-corrected chi connectivity index (χ2v) is 5.18. The van der Waals surface area contributed by atoms with E-state index in [1.807, 2.05) is 25.1 Å². The molecule has 98 valence electrons. The Balaban J connectivity index is 2.28. The Bertz CT molecular complexity index is 614. The second kappa shape index (κ2) is 5.84. The summed E-state index contributed by atoms with van der Waals surface area (Å²) >= 11 is 1.44. The standard InChI is InChI=1S/C14H14N2O2S/c1-3-10-6-13(16-8-15-10)19-11-5-4-9(2)12(7-11)14(17)18/h4-8H,3H2,1-2H3,(H,17,18). The number of hydrogen-bond acceptors (Lipinski definition) is 4. The van der Waals surface area contributed by atoms with E-state index in [9.17, 15) is 4.79 Å². The van der Waals surface area contributed by atoms with Crippen molar-refractivity contribution >= 4 is 17.7 Å². The highest BCUT2D eigenvalue weighted by atomic mass is 32.2. The van der Waals surface area contributed by atoms with E-state index in [0.29, 0.717) is 5.56 Å². The normalized spacial score (nSPS) is 10.4. The molecule has 0 atom stereocenters. The van der Waals surface area contributed by atoms with E-state index >= 15 is 0 Å². The molecule has 2 rings (SSSR count). The molecule has 1 aromatic heterocycles. The van der Waals surface area contributed by atoms with Crippen LogP contribution >= 0.6 is 11.8 Å². The van der Waals surface area contributed by atoms with Gasteiger partial charge in [0.2, 0.25) is 0 Å². The Morgan fingerprint density at radius 2 is 2.11 bits per heavy atom. The maximum atomic E-state index is 11.1. The molecule has 0 amide bonds. The number of aromatic nitrogens is 2. The van der Waals surface area contributed by atoms with Gasteiger partial charge in [-0.25, -0.2) is 14.8 Å². The molecule has 4 nitrogen and oxygen atoms in total. The average molecular weight is 274 g/mol. The van der Waals surface area contributed by atoms with E-state index in [1.54, 1.807) is 13.0 Å². The number of carboxylic acid groups (broad SMARTS) is 1. The van der Waals surface area contributed by atoms with Gasteiger partial charge in [0, 0.05) is 10.6 Å². The van der Waals surface area contributed by atoms with Crippen LogP contribution in [0.5, 0.6) is 0 Å². The Morgan fingerprint density at radius 3 is 2.79 bits per heavy atom. The lowest BCUT2D eigenvalue weighted by molar-refractivity contribution is 0.0696. The molecule has 5 heteroatoms. The molecule has 0 aliphatic heterocycles. The number of benzene rings is 1. The van der Waals surface area contributed by atoms with Gasteiger partial charge in [-0.1, -0.05) is 24.8 Å². The Hall–Kier alpha value is -1.88. The maximum absolute atomic E-state index is 11.1. The molecular weight excluding hydrogens is 260 g/mol. The SMILES string of the molecule is CCc1cc(Sc2ccc(C)c(C(=O)O)c2)ncn1. The van der Waals surface area contributed by atoms with Crippen molar-refractivity contribution in [3.8, 4) is 0 Å². The number of carbonyl (C=O) groups is 1. The molecule has 1 aromatic carbocycles. The number of rotatable bonds is 4. The van der Waals surface area contributed by atoms with E-state index < -0.39 is 5.97 Å². The van der Waals surface area contributed by atoms with Crippen LogP contribution < -0.4 is 0 Å². The monoisotopic (exact) mass is 274 g/mol. The first kappa shape index (κ1) is 13.5. The molecule has 0 saturated heterocycles. The summed E-state index contributed by atoms with van der Waals surface area (Å²) in [5.74, 6) is -0.906. The summed E-state index contributed by atoms with van der Waals surface area (Å²) in [6.45, 7) is 3.82. The summed E-state index contributed by atoms with van der Waals surface area (Å²) in [6, 6.07) is 7.31. The van der Waals surface area contributed by atoms with Crippen molar-refractivity contribution in [3.63, 3.8) is 0 Å². The summed E-state index contributed by atoms with van der Waals surface area (Å²) in [6.07, 6.45) is 2.39. The molecular formula is C14H14N2O2S. The Morgan fingerprint density at radius 1 is 1.32 bits per heavy atom. The lowest BCUT2D eigenvalue weighted by atomic mass is 10.1. The van der Waals surface area contributed by atoms with Gasteiger partial charge < -0.3 is 5.11 Å². The first-order chi connectivity index (χ1) is 9.10. The van der Waals surface area contributed by atoms with E-state index in [4.69, 9.17) is 5.11 Å². The minimum Gasteiger partial charge on any atom is -0.478 e. The van der Waals surface area contributed by atoms with Gasteiger partial charge in [-0.3, -0.25) is 0 Å². The van der Waals surface area contributed by atoms with Gasteiger partial charge in [0.05, 0.1) is 5.56 Å². The van der Waals surface area contributed by atoms with Crippen molar-refractivity contribution in [2.75, 3.05) is 0 Å². The lowest BCUT2D eigenvalue weighted by Crippen LogP contribution is -1.99. The highest BCUT2D eigenvalue weighted by molar-refractivity contribution is 7.99. The smallest absolute Gasteiger partial charge is 0.335 e. The topological polar surface area (TPSA) is 63.1 Å². The van der Waals surface area contributed by atoms with Crippen LogP contribution in [0, 0.1) is 6.92 Å². The van der Waals surface area contributed by atoms with Crippen LogP contribution in [0.15, 0.2) is 40.5 Å². The molecule has 0 radical (unpaired) electrons. The van der Waals surface area contributed by atoms with Crippen LogP contribution in [0.2, 0.25) is 0 Å². The van der Waals surface area contributed by atoms with Crippen molar-refractivity contribution in [3.05, 3.63) is 47.4 Å². The summed E-state index contributed by atoms with van der Waals surface area (Å²) in [7, 11) is 0. The van der Waals surface area contributed by atoms with Gasteiger partial charge >= 0.3 is 5.97 Å². The fourth-order valence-electron chi connectivity index (χ4n) is 1.64. The molecule has 19 heavy (non-hydrogen) atoms. The molecule has 0 spiro atoms. The predicted octanol–water partition coefficient (Wildman–Crippen LogP) is 3.20.